The van der Waals surface area contributed by atoms with E-state index in [-0.39, 0.29) is 5.78 Å². The van der Waals surface area contributed by atoms with Crippen molar-refractivity contribution >= 4 is 5.78 Å². The number of hydrogen-bond donors (Lipinski definition) is 0. The zero-order valence-corrected chi connectivity index (χ0v) is 9.18. The number of carbonyl (C=O) groups is 1. The van der Waals surface area contributed by atoms with E-state index in [4.69, 9.17) is 4.74 Å². The molecular weight excluding hydrogens is 204 g/mol. The van der Waals surface area contributed by atoms with Gasteiger partial charge in [0.1, 0.15) is 5.75 Å². The lowest BCUT2D eigenvalue weighted by atomic mass is 10.1. The molecule has 0 atom stereocenters. The summed E-state index contributed by atoms with van der Waals surface area (Å²) in [5.74, 6) is 0.986. The average Bonchev–Trinajstić information content (AvgIpc) is 2.74. The Labute approximate surface area is 93.5 Å². The van der Waals surface area contributed by atoms with Crippen LogP contribution in [0.4, 0.5) is 0 Å². The van der Waals surface area contributed by atoms with Crippen LogP contribution in [0.3, 0.4) is 0 Å². The van der Waals surface area contributed by atoms with Crippen molar-refractivity contribution in [1.82, 2.24) is 9.55 Å². The summed E-state index contributed by atoms with van der Waals surface area (Å²) in [5, 5.41) is 0. The summed E-state index contributed by atoms with van der Waals surface area (Å²) in [6.45, 7) is 0. The molecule has 0 saturated carbocycles. The Morgan fingerprint density at radius 2 is 2.25 bits per heavy atom. The molecule has 82 valence electrons. The van der Waals surface area contributed by atoms with Gasteiger partial charge in [0.25, 0.3) is 0 Å². The van der Waals surface area contributed by atoms with Gasteiger partial charge in [-0.1, -0.05) is 12.1 Å². The van der Waals surface area contributed by atoms with Crippen molar-refractivity contribution in [2.24, 2.45) is 7.05 Å². The summed E-state index contributed by atoms with van der Waals surface area (Å²) < 4.78 is 6.77. The number of nitrogens with zero attached hydrogens (tertiary/aromatic N) is 2. The van der Waals surface area contributed by atoms with Crippen LogP contribution in [0, 0.1) is 0 Å². The minimum atomic E-state index is -0.105. The predicted octanol–water partition coefficient (Wildman–Crippen LogP) is 1.66. The quantitative estimate of drug-likeness (QED) is 0.733. The molecule has 2 rings (SSSR count). The van der Waals surface area contributed by atoms with Crippen molar-refractivity contribution < 1.29 is 9.53 Å². The van der Waals surface area contributed by atoms with Crippen LogP contribution in [0.15, 0.2) is 36.7 Å². The van der Waals surface area contributed by atoms with Gasteiger partial charge in [0.2, 0.25) is 5.78 Å². The largest absolute Gasteiger partial charge is 0.497 e. The van der Waals surface area contributed by atoms with E-state index in [1.54, 1.807) is 55.4 Å². The van der Waals surface area contributed by atoms with Crippen molar-refractivity contribution in [3.05, 3.63) is 48.0 Å². The minimum absolute atomic E-state index is 0.105. The van der Waals surface area contributed by atoms with Gasteiger partial charge in [-0.05, 0) is 12.1 Å². The molecule has 16 heavy (non-hydrogen) atoms. The Bertz CT molecular complexity index is 517. The number of hydrogen-bond acceptors (Lipinski definition) is 3. The molecule has 0 unspecified atom stereocenters. The summed E-state index contributed by atoms with van der Waals surface area (Å²) in [6.07, 6.45) is 3.35. The van der Waals surface area contributed by atoms with Crippen molar-refractivity contribution in [3.63, 3.8) is 0 Å². The maximum Gasteiger partial charge on any atom is 0.228 e. The maximum absolute atomic E-state index is 12.1. The molecule has 0 amide bonds. The molecule has 4 heteroatoms. The third-order valence-electron chi connectivity index (χ3n) is 2.36. The van der Waals surface area contributed by atoms with Crippen molar-refractivity contribution in [3.8, 4) is 5.75 Å². The molecule has 2 aromatic rings. The molecule has 0 spiro atoms. The Morgan fingerprint density at radius 3 is 2.88 bits per heavy atom. The van der Waals surface area contributed by atoms with Crippen LogP contribution < -0.4 is 4.74 Å². The molecule has 0 saturated heterocycles. The number of carbonyl (C=O) groups excluding carboxylic acids is 1. The van der Waals surface area contributed by atoms with Gasteiger partial charge in [-0.15, -0.1) is 0 Å². The van der Waals surface area contributed by atoms with E-state index in [0.717, 1.165) is 0 Å². The monoisotopic (exact) mass is 216 g/mol. The van der Waals surface area contributed by atoms with Gasteiger partial charge in [-0.25, -0.2) is 4.98 Å². The Balaban J connectivity index is 2.38. The van der Waals surface area contributed by atoms with E-state index in [0.29, 0.717) is 17.1 Å². The van der Waals surface area contributed by atoms with E-state index in [9.17, 15) is 4.79 Å². The van der Waals surface area contributed by atoms with Crippen LogP contribution in [0.1, 0.15) is 16.2 Å². The summed E-state index contributed by atoms with van der Waals surface area (Å²) in [4.78, 5) is 16.1. The van der Waals surface area contributed by atoms with Crippen LogP contribution in [-0.2, 0) is 7.05 Å². The molecule has 0 radical (unpaired) electrons. The highest BCUT2D eigenvalue weighted by molar-refractivity contribution is 6.06. The fraction of sp³-hybridized carbons (Fsp3) is 0.167. The van der Waals surface area contributed by atoms with Gasteiger partial charge < -0.3 is 9.30 Å². The van der Waals surface area contributed by atoms with Crippen LogP contribution in [0.25, 0.3) is 0 Å². The Morgan fingerprint density at radius 1 is 1.44 bits per heavy atom. The normalized spacial score (nSPS) is 10.1. The first-order chi connectivity index (χ1) is 7.72. The lowest BCUT2D eigenvalue weighted by molar-refractivity contribution is 0.102. The number of aryl methyl sites for hydroxylation is 1. The first-order valence-electron chi connectivity index (χ1n) is 4.88. The first kappa shape index (κ1) is 10.4. The zero-order chi connectivity index (χ0) is 11.5. The van der Waals surface area contributed by atoms with Gasteiger partial charge in [0.15, 0.2) is 5.82 Å². The van der Waals surface area contributed by atoms with Gasteiger partial charge in [-0.3, -0.25) is 4.79 Å². The summed E-state index contributed by atoms with van der Waals surface area (Å²) in [7, 11) is 3.37. The Hall–Kier alpha value is -2.10. The number of benzene rings is 1. The number of aromatic nitrogens is 2. The average molecular weight is 216 g/mol. The molecule has 0 aliphatic rings. The molecule has 0 fully saturated rings. The van der Waals surface area contributed by atoms with Gasteiger partial charge in [0, 0.05) is 25.0 Å². The molecule has 1 aromatic heterocycles. The standard InChI is InChI=1S/C12H12N2O2/c1-14-7-6-13-12(14)11(15)9-4-3-5-10(8-9)16-2/h3-8H,1-2H3. The number of methoxy groups -OCH3 is 1. The summed E-state index contributed by atoms with van der Waals surface area (Å²) in [5.41, 5.74) is 0.577. The molecule has 0 aliphatic carbocycles. The molecule has 4 nitrogen and oxygen atoms in total. The topological polar surface area (TPSA) is 44.1 Å². The van der Waals surface area contributed by atoms with Crippen molar-refractivity contribution in [2.75, 3.05) is 7.11 Å². The van der Waals surface area contributed by atoms with Crippen LogP contribution in [0.5, 0.6) is 5.75 Å². The van der Waals surface area contributed by atoms with Crippen LogP contribution >= 0.6 is 0 Å². The molecule has 1 heterocycles. The van der Waals surface area contributed by atoms with Crippen LogP contribution in [0.2, 0.25) is 0 Å². The predicted molar refractivity (Wildman–Crippen MR) is 59.6 cm³/mol. The smallest absolute Gasteiger partial charge is 0.228 e. The van der Waals surface area contributed by atoms with E-state index in [2.05, 4.69) is 4.98 Å². The van der Waals surface area contributed by atoms with E-state index in [1.807, 2.05) is 0 Å². The zero-order valence-electron chi connectivity index (χ0n) is 9.18. The number of ketones is 1. The highest BCUT2D eigenvalue weighted by atomic mass is 16.5. The second-order valence-corrected chi connectivity index (χ2v) is 3.42. The second-order valence-electron chi connectivity index (χ2n) is 3.42. The molecular formula is C12H12N2O2. The lowest BCUT2D eigenvalue weighted by Gasteiger charge is -2.03. The highest BCUT2D eigenvalue weighted by Crippen LogP contribution is 2.15. The number of rotatable bonds is 3. The van der Waals surface area contributed by atoms with Crippen LogP contribution in [-0.4, -0.2) is 22.4 Å². The number of imidazole rings is 1. The minimum Gasteiger partial charge on any atom is -0.497 e. The highest BCUT2D eigenvalue weighted by Gasteiger charge is 2.13. The SMILES string of the molecule is COc1cccc(C(=O)c2nccn2C)c1. The molecule has 0 bridgehead atoms. The van der Waals surface area contributed by atoms with E-state index < -0.39 is 0 Å². The van der Waals surface area contributed by atoms with Gasteiger partial charge >= 0.3 is 0 Å². The fourth-order valence-corrected chi connectivity index (χ4v) is 1.48. The summed E-state index contributed by atoms with van der Waals surface area (Å²) in [6, 6.07) is 7.04. The van der Waals surface area contributed by atoms with E-state index in [1.165, 1.54) is 0 Å². The van der Waals surface area contributed by atoms with Crippen molar-refractivity contribution in [1.29, 1.82) is 0 Å². The molecule has 0 aliphatic heterocycles. The molecule has 0 N–H and O–H groups in total. The van der Waals surface area contributed by atoms with Gasteiger partial charge in [-0.2, -0.15) is 0 Å². The van der Waals surface area contributed by atoms with Gasteiger partial charge in [0.05, 0.1) is 7.11 Å². The molecule has 1 aromatic carbocycles. The maximum atomic E-state index is 12.1. The third-order valence-corrected chi connectivity index (χ3v) is 2.36. The lowest BCUT2D eigenvalue weighted by Crippen LogP contribution is -2.08. The second kappa shape index (κ2) is 4.18. The van der Waals surface area contributed by atoms with E-state index >= 15 is 0 Å². The Kier molecular flexibility index (Phi) is 2.72. The summed E-state index contributed by atoms with van der Waals surface area (Å²) >= 11 is 0. The third kappa shape index (κ3) is 1.82. The fourth-order valence-electron chi connectivity index (χ4n) is 1.48. The first-order valence-corrected chi connectivity index (χ1v) is 4.88. The van der Waals surface area contributed by atoms with Crippen molar-refractivity contribution in [2.45, 2.75) is 0 Å². The number of ether oxygens (including phenoxy) is 1.